The van der Waals surface area contributed by atoms with Gasteiger partial charge in [-0.1, -0.05) is 18.2 Å². The van der Waals surface area contributed by atoms with E-state index in [-0.39, 0.29) is 17.2 Å². The number of fused-ring (bicyclic) bond motifs is 1. The molecule has 0 bridgehead atoms. The van der Waals surface area contributed by atoms with E-state index in [4.69, 9.17) is 9.47 Å². The zero-order valence-electron chi connectivity index (χ0n) is 17.3. The maximum Gasteiger partial charge on any atom is 0.279 e. The molecular weight excluding hydrogens is 384 g/mol. The summed E-state index contributed by atoms with van der Waals surface area (Å²) in [5.41, 5.74) is 0.418. The molecule has 0 atom stereocenters. The number of piperazine rings is 1. The van der Waals surface area contributed by atoms with Crippen LogP contribution in [0.25, 0.3) is 16.5 Å². The van der Waals surface area contributed by atoms with E-state index in [0.717, 1.165) is 13.1 Å². The van der Waals surface area contributed by atoms with Gasteiger partial charge in [0.2, 0.25) is 0 Å². The number of aromatic nitrogens is 2. The van der Waals surface area contributed by atoms with E-state index >= 15 is 0 Å². The minimum Gasteiger partial charge on any atom is -0.497 e. The third-order valence-electron chi connectivity index (χ3n) is 5.38. The zero-order chi connectivity index (χ0) is 21.3. The quantitative estimate of drug-likeness (QED) is 0.655. The molecule has 0 unspecified atom stereocenters. The lowest BCUT2D eigenvalue weighted by Crippen LogP contribution is -2.47. The van der Waals surface area contributed by atoms with Gasteiger partial charge in [-0.2, -0.15) is 9.78 Å². The highest BCUT2D eigenvalue weighted by molar-refractivity contribution is 6.04. The molecule has 3 aromatic rings. The highest BCUT2D eigenvalue weighted by Gasteiger charge is 2.25. The first-order chi connectivity index (χ1) is 14.5. The van der Waals surface area contributed by atoms with Crippen molar-refractivity contribution in [1.82, 2.24) is 19.6 Å². The first-order valence-corrected chi connectivity index (χ1v) is 9.75. The van der Waals surface area contributed by atoms with Crippen LogP contribution in [0.3, 0.4) is 0 Å². The second-order valence-corrected chi connectivity index (χ2v) is 7.28. The standard InChI is InChI=1S/C22H24N4O4/c1-24-8-10-25(11-9-24)22(28)20-18-6-4-5-7-19(18)21(27)26(23-20)15-12-16(29-2)14-17(13-15)30-3/h4-7,12-14H,8-11H2,1-3H3. The Kier molecular flexibility index (Phi) is 5.41. The van der Waals surface area contributed by atoms with Crippen molar-refractivity contribution in [2.75, 3.05) is 47.4 Å². The van der Waals surface area contributed by atoms with Gasteiger partial charge in [0.1, 0.15) is 11.5 Å². The fourth-order valence-electron chi connectivity index (χ4n) is 3.60. The molecule has 30 heavy (non-hydrogen) atoms. The summed E-state index contributed by atoms with van der Waals surface area (Å²) in [6.45, 7) is 2.85. The van der Waals surface area contributed by atoms with Gasteiger partial charge in [0, 0.05) is 49.8 Å². The van der Waals surface area contributed by atoms with E-state index in [1.807, 2.05) is 13.1 Å². The maximum absolute atomic E-state index is 13.3. The monoisotopic (exact) mass is 408 g/mol. The Labute approximate surface area is 174 Å². The van der Waals surface area contributed by atoms with Crippen molar-refractivity contribution in [2.24, 2.45) is 0 Å². The molecule has 4 rings (SSSR count). The van der Waals surface area contributed by atoms with Crippen LogP contribution >= 0.6 is 0 Å². The van der Waals surface area contributed by atoms with Crippen molar-refractivity contribution in [1.29, 1.82) is 0 Å². The summed E-state index contributed by atoms with van der Waals surface area (Å²) in [7, 11) is 5.11. The minimum absolute atomic E-state index is 0.178. The number of nitrogens with zero attached hydrogens (tertiary/aromatic N) is 4. The maximum atomic E-state index is 13.3. The molecule has 156 valence electrons. The van der Waals surface area contributed by atoms with Gasteiger partial charge >= 0.3 is 0 Å². The van der Waals surface area contributed by atoms with Crippen LogP contribution in [0, 0.1) is 0 Å². The van der Waals surface area contributed by atoms with Crippen LogP contribution in [0.5, 0.6) is 11.5 Å². The van der Waals surface area contributed by atoms with E-state index in [0.29, 0.717) is 41.0 Å². The van der Waals surface area contributed by atoms with E-state index < -0.39 is 0 Å². The Balaban J connectivity index is 1.89. The van der Waals surface area contributed by atoms with Crippen molar-refractivity contribution in [3.63, 3.8) is 0 Å². The second-order valence-electron chi connectivity index (χ2n) is 7.28. The van der Waals surface area contributed by atoms with Gasteiger partial charge in [0.05, 0.1) is 25.3 Å². The molecule has 1 amide bonds. The minimum atomic E-state index is -0.309. The molecule has 2 aromatic carbocycles. The fourth-order valence-corrected chi connectivity index (χ4v) is 3.60. The van der Waals surface area contributed by atoms with Gasteiger partial charge in [0.25, 0.3) is 11.5 Å². The lowest BCUT2D eigenvalue weighted by molar-refractivity contribution is 0.0658. The molecule has 1 saturated heterocycles. The first-order valence-electron chi connectivity index (χ1n) is 9.75. The van der Waals surface area contributed by atoms with Crippen LogP contribution in [0.15, 0.2) is 47.3 Å². The van der Waals surface area contributed by atoms with Crippen molar-refractivity contribution < 1.29 is 14.3 Å². The second kappa shape index (κ2) is 8.16. The van der Waals surface area contributed by atoms with Crippen molar-refractivity contribution >= 4 is 16.7 Å². The van der Waals surface area contributed by atoms with E-state index in [2.05, 4.69) is 10.00 Å². The SMILES string of the molecule is COc1cc(OC)cc(-n2nc(C(=O)N3CCN(C)CC3)c3ccccc3c2=O)c1. The Bertz CT molecular complexity index is 1130. The Morgan fingerprint density at radius 3 is 2.13 bits per heavy atom. The van der Waals surface area contributed by atoms with E-state index in [1.165, 1.54) is 18.9 Å². The molecule has 1 aromatic heterocycles. The average Bonchev–Trinajstić information content (AvgIpc) is 2.79. The van der Waals surface area contributed by atoms with Crippen LogP contribution in [0.2, 0.25) is 0 Å². The van der Waals surface area contributed by atoms with Crippen LogP contribution in [0.1, 0.15) is 10.5 Å². The number of benzene rings is 2. The number of ether oxygens (including phenoxy) is 2. The number of hydrogen-bond donors (Lipinski definition) is 0. The number of rotatable bonds is 4. The molecule has 1 aliphatic heterocycles. The third kappa shape index (κ3) is 3.61. The molecule has 0 N–H and O–H groups in total. The summed E-state index contributed by atoms with van der Waals surface area (Å²) in [4.78, 5) is 30.5. The lowest BCUT2D eigenvalue weighted by Gasteiger charge is -2.32. The molecule has 0 saturated carbocycles. The number of carbonyl (C=O) groups is 1. The largest absolute Gasteiger partial charge is 0.497 e. The van der Waals surface area contributed by atoms with Gasteiger partial charge in [-0.05, 0) is 13.1 Å². The van der Waals surface area contributed by atoms with Crippen LogP contribution in [-0.4, -0.2) is 72.9 Å². The summed E-state index contributed by atoms with van der Waals surface area (Å²) in [6, 6.07) is 12.2. The number of methoxy groups -OCH3 is 2. The topological polar surface area (TPSA) is 76.9 Å². The summed E-state index contributed by atoms with van der Waals surface area (Å²) < 4.78 is 11.9. The summed E-state index contributed by atoms with van der Waals surface area (Å²) in [5, 5.41) is 5.49. The summed E-state index contributed by atoms with van der Waals surface area (Å²) >= 11 is 0. The lowest BCUT2D eigenvalue weighted by atomic mass is 10.1. The Morgan fingerprint density at radius 2 is 1.53 bits per heavy atom. The van der Waals surface area contributed by atoms with Gasteiger partial charge < -0.3 is 19.3 Å². The summed E-state index contributed by atoms with van der Waals surface area (Å²) in [6.07, 6.45) is 0. The summed E-state index contributed by atoms with van der Waals surface area (Å²) in [5.74, 6) is 0.874. The number of likely N-dealkylation sites (N-methyl/N-ethyl adjacent to an activating group) is 1. The van der Waals surface area contributed by atoms with E-state index in [9.17, 15) is 9.59 Å². The molecule has 1 fully saturated rings. The van der Waals surface area contributed by atoms with E-state index in [1.54, 1.807) is 41.3 Å². The highest BCUT2D eigenvalue weighted by Crippen LogP contribution is 2.25. The molecule has 1 aliphatic rings. The molecule has 0 spiro atoms. The number of carbonyl (C=O) groups excluding carboxylic acids is 1. The van der Waals surface area contributed by atoms with Crippen LogP contribution in [0.4, 0.5) is 0 Å². The third-order valence-corrected chi connectivity index (χ3v) is 5.38. The molecule has 8 heteroatoms. The van der Waals surface area contributed by atoms with Crippen molar-refractivity contribution in [3.8, 4) is 17.2 Å². The predicted octanol–water partition coefficient (Wildman–Crippen LogP) is 1.79. The van der Waals surface area contributed by atoms with Gasteiger partial charge in [-0.15, -0.1) is 0 Å². The smallest absolute Gasteiger partial charge is 0.279 e. The van der Waals surface area contributed by atoms with Gasteiger partial charge in [-0.3, -0.25) is 9.59 Å². The fraction of sp³-hybridized carbons (Fsp3) is 0.318. The van der Waals surface area contributed by atoms with Crippen LogP contribution in [-0.2, 0) is 0 Å². The molecule has 0 radical (unpaired) electrons. The first kappa shape index (κ1) is 19.9. The Hall–Kier alpha value is -3.39. The predicted molar refractivity (Wildman–Crippen MR) is 114 cm³/mol. The van der Waals surface area contributed by atoms with Crippen molar-refractivity contribution in [2.45, 2.75) is 0 Å². The van der Waals surface area contributed by atoms with Crippen LogP contribution < -0.4 is 15.0 Å². The molecular formula is C22H24N4O4. The average molecular weight is 408 g/mol. The zero-order valence-corrected chi connectivity index (χ0v) is 17.3. The molecule has 2 heterocycles. The number of hydrogen-bond acceptors (Lipinski definition) is 6. The number of amides is 1. The van der Waals surface area contributed by atoms with Gasteiger partial charge in [0.15, 0.2) is 5.69 Å². The normalized spacial score (nSPS) is 14.7. The molecule has 8 nitrogen and oxygen atoms in total. The van der Waals surface area contributed by atoms with Crippen molar-refractivity contribution in [3.05, 3.63) is 58.5 Å². The Morgan fingerprint density at radius 1 is 0.933 bits per heavy atom. The van der Waals surface area contributed by atoms with Gasteiger partial charge in [-0.25, -0.2) is 0 Å². The highest BCUT2D eigenvalue weighted by atomic mass is 16.5. The molecule has 0 aliphatic carbocycles.